The Labute approximate surface area is 98.4 Å². The van der Waals surface area contributed by atoms with E-state index < -0.39 is 9.05 Å². The van der Waals surface area contributed by atoms with Gasteiger partial charge in [0.2, 0.25) is 9.05 Å². The van der Waals surface area contributed by atoms with Crippen LogP contribution in [0.3, 0.4) is 0 Å². The van der Waals surface area contributed by atoms with E-state index >= 15 is 0 Å². The highest BCUT2D eigenvalue weighted by Crippen LogP contribution is 2.09. The van der Waals surface area contributed by atoms with Crippen LogP contribution in [0.25, 0.3) is 0 Å². The smallest absolute Gasteiger partial charge is 0.232 e. The van der Waals surface area contributed by atoms with Gasteiger partial charge in [-0.2, -0.15) is 0 Å². The molecule has 0 fully saturated rings. The number of ether oxygens (including phenoxy) is 1. The molecular formula is C9H13ClO3S2. The van der Waals surface area contributed by atoms with Gasteiger partial charge in [-0.1, -0.05) is 6.07 Å². The van der Waals surface area contributed by atoms with Crippen LogP contribution in [-0.4, -0.2) is 27.4 Å². The molecule has 0 N–H and O–H groups in total. The zero-order chi connectivity index (χ0) is 11.1. The molecule has 1 heterocycles. The lowest BCUT2D eigenvalue weighted by atomic mass is 10.4. The van der Waals surface area contributed by atoms with E-state index in [1.54, 1.807) is 11.3 Å². The van der Waals surface area contributed by atoms with Crippen LogP contribution in [0.1, 0.15) is 11.3 Å². The van der Waals surface area contributed by atoms with Crippen molar-refractivity contribution < 1.29 is 13.2 Å². The van der Waals surface area contributed by atoms with Crippen LogP contribution in [0.4, 0.5) is 0 Å². The van der Waals surface area contributed by atoms with Crippen molar-refractivity contribution in [3.8, 4) is 0 Å². The Hall–Kier alpha value is -0.100. The second-order valence-corrected chi connectivity index (χ2v) is 6.97. The van der Waals surface area contributed by atoms with Crippen molar-refractivity contribution in [2.24, 2.45) is 0 Å². The standard InChI is InChI=1S/C9H13ClO3S2/c10-15(11,12)8-2-5-13-6-4-9-3-1-7-14-9/h1,3,7H,2,4-6,8H2. The van der Waals surface area contributed by atoms with E-state index in [2.05, 4.69) is 6.07 Å². The predicted molar refractivity (Wildman–Crippen MR) is 63.1 cm³/mol. The zero-order valence-electron chi connectivity index (χ0n) is 8.19. The molecule has 0 aromatic carbocycles. The van der Waals surface area contributed by atoms with Gasteiger partial charge in [-0.3, -0.25) is 0 Å². The zero-order valence-corrected chi connectivity index (χ0v) is 10.6. The SMILES string of the molecule is O=S(=O)(Cl)CCCOCCc1cccs1. The Balaban J connectivity index is 1.99. The Morgan fingerprint density at radius 2 is 2.20 bits per heavy atom. The van der Waals surface area contributed by atoms with Crippen LogP contribution >= 0.6 is 22.0 Å². The quantitative estimate of drug-likeness (QED) is 0.563. The molecule has 0 radical (unpaired) electrons. The van der Waals surface area contributed by atoms with E-state index in [4.69, 9.17) is 15.4 Å². The third kappa shape index (κ3) is 6.89. The van der Waals surface area contributed by atoms with Crippen LogP contribution in [-0.2, 0) is 20.2 Å². The fourth-order valence-electron chi connectivity index (χ4n) is 1.06. The first-order valence-corrected chi connectivity index (χ1v) is 7.96. The molecule has 86 valence electrons. The summed E-state index contributed by atoms with van der Waals surface area (Å²) in [6.07, 6.45) is 1.33. The Kier molecular flexibility index (Phi) is 5.60. The molecule has 0 atom stereocenters. The highest BCUT2D eigenvalue weighted by Gasteiger charge is 2.03. The summed E-state index contributed by atoms with van der Waals surface area (Å²) in [6.45, 7) is 1.07. The van der Waals surface area contributed by atoms with Crippen molar-refractivity contribution in [1.82, 2.24) is 0 Å². The van der Waals surface area contributed by atoms with E-state index in [9.17, 15) is 8.42 Å². The summed E-state index contributed by atoms with van der Waals surface area (Å²) < 4.78 is 26.4. The Morgan fingerprint density at radius 1 is 1.40 bits per heavy atom. The van der Waals surface area contributed by atoms with Gasteiger partial charge in [0, 0.05) is 28.6 Å². The van der Waals surface area contributed by atoms with Gasteiger partial charge < -0.3 is 4.74 Å². The summed E-state index contributed by atoms with van der Waals surface area (Å²) in [5, 5.41) is 2.02. The van der Waals surface area contributed by atoms with Gasteiger partial charge in [0.1, 0.15) is 0 Å². The molecule has 1 rings (SSSR count). The maximum Gasteiger partial charge on any atom is 0.232 e. The van der Waals surface area contributed by atoms with Crippen molar-refractivity contribution in [3.05, 3.63) is 22.4 Å². The summed E-state index contributed by atoms with van der Waals surface area (Å²) in [6, 6.07) is 4.05. The topological polar surface area (TPSA) is 43.4 Å². The van der Waals surface area contributed by atoms with Crippen molar-refractivity contribution in [2.75, 3.05) is 19.0 Å². The Morgan fingerprint density at radius 3 is 2.80 bits per heavy atom. The van der Waals surface area contributed by atoms with E-state index in [0.29, 0.717) is 19.6 Å². The first-order valence-electron chi connectivity index (χ1n) is 4.60. The van der Waals surface area contributed by atoms with Gasteiger partial charge in [0.15, 0.2) is 0 Å². The van der Waals surface area contributed by atoms with Crippen LogP contribution in [0.15, 0.2) is 17.5 Å². The number of hydrogen-bond acceptors (Lipinski definition) is 4. The first kappa shape index (κ1) is 13.0. The minimum Gasteiger partial charge on any atom is -0.381 e. The monoisotopic (exact) mass is 268 g/mol. The van der Waals surface area contributed by atoms with Gasteiger partial charge >= 0.3 is 0 Å². The number of rotatable bonds is 7. The van der Waals surface area contributed by atoms with Crippen LogP contribution in [0, 0.1) is 0 Å². The van der Waals surface area contributed by atoms with Crippen molar-refractivity contribution in [3.63, 3.8) is 0 Å². The molecule has 1 aromatic heterocycles. The molecular weight excluding hydrogens is 256 g/mol. The van der Waals surface area contributed by atoms with E-state index in [-0.39, 0.29) is 5.75 Å². The predicted octanol–water partition coefficient (Wildman–Crippen LogP) is 2.27. The molecule has 0 aliphatic heterocycles. The molecule has 0 aliphatic rings. The van der Waals surface area contributed by atoms with Crippen LogP contribution in [0.2, 0.25) is 0 Å². The molecule has 15 heavy (non-hydrogen) atoms. The molecule has 0 saturated heterocycles. The third-order valence-corrected chi connectivity index (χ3v) is 3.93. The molecule has 3 nitrogen and oxygen atoms in total. The number of hydrogen-bond donors (Lipinski definition) is 0. The summed E-state index contributed by atoms with van der Waals surface area (Å²) >= 11 is 1.69. The molecule has 0 saturated carbocycles. The molecule has 0 unspecified atom stereocenters. The second kappa shape index (κ2) is 6.48. The lowest BCUT2D eigenvalue weighted by Gasteiger charge is -2.01. The minimum atomic E-state index is -3.36. The molecule has 0 bridgehead atoms. The minimum absolute atomic E-state index is 0.0203. The highest BCUT2D eigenvalue weighted by molar-refractivity contribution is 8.13. The summed E-state index contributed by atoms with van der Waals surface area (Å²) in [7, 11) is 1.69. The lowest BCUT2D eigenvalue weighted by molar-refractivity contribution is 0.139. The molecule has 0 aliphatic carbocycles. The second-order valence-electron chi connectivity index (χ2n) is 3.04. The van der Waals surface area contributed by atoms with Gasteiger partial charge in [-0.15, -0.1) is 11.3 Å². The third-order valence-electron chi connectivity index (χ3n) is 1.75. The number of halogens is 1. The van der Waals surface area contributed by atoms with Crippen LogP contribution in [0.5, 0.6) is 0 Å². The summed E-state index contributed by atoms with van der Waals surface area (Å²) in [4.78, 5) is 1.28. The van der Waals surface area contributed by atoms with Crippen molar-refractivity contribution in [2.45, 2.75) is 12.8 Å². The molecule has 0 spiro atoms. The van der Waals surface area contributed by atoms with Gasteiger partial charge in [0.05, 0.1) is 12.4 Å². The van der Waals surface area contributed by atoms with E-state index in [1.165, 1.54) is 4.88 Å². The average molecular weight is 269 g/mol. The maximum absolute atomic E-state index is 10.6. The van der Waals surface area contributed by atoms with Crippen LogP contribution < -0.4 is 0 Å². The average Bonchev–Trinajstić information content (AvgIpc) is 2.61. The fourth-order valence-corrected chi connectivity index (χ4v) is 2.54. The largest absolute Gasteiger partial charge is 0.381 e. The number of thiophene rings is 1. The van der Waals surface area contributed by atoms with Crippen molar-refractivity contribution in [1.29, 1.82) is 0 Å². The van der Waals surface area contributed by atoms with E-state index in [1.807, 2.05) is 11.4 Å². The molecule has 0 amide bonds. The van der Waals surface area contributed by atoms with Gasteiger partial charge in [0.25, 0.3) is 0 Å². The highest BCUT2D eigenvalue weighted by atomic mass is 35.7. The van der Waals surface area contributed by atoms with Gasteiger partial charge in [-0.25, -0.2) is 8.42 Å². The van der Waals surface area contributed by atoms with Crippen molar-refractivity contribution >= 4 is 31.1 Å². The first-order chi connectivity index (χ1) is 7.08. The normalized spacial score (nSPS) is 11.8. The Bertz CT molecular complexity index is 359. The summed E-state index contributed by atoms with van der Waals surface area (Å²) in [5.74, 6) is -0.0203. The summed E-state index contributed by atoms with van der Waals surface area (Å²) in [5.41, 5.74) is 0. The maximum atomic E-state index is 10.6. The molecule has 6 heteroatoms. The fraction of sp³-hybridized carbons (Fsp3) is 0.556. The molecule has 1 aromatic rings. The van der Waals surface area contributed by atoms with E-state index in [0.717, 1.165) is 6.42 Å². The van der Waals surface area contributed by atoms with Gasteiger partial charge in [-0.05, 0) is 17.9 Å². The lowest BCUT2D eigenvalue weighted by Crippen LogP contribution is -2.04.